The van der Waals surface area contributed by atoms with E-state index in [-0.39, 0.29) is 5.91 Å². The van der Waals surface area contributed by atoms with Gasteiger partial charge in [0.1, 0.15) is 23.3 Å². The minimum Gasteiger partial charge on any atom is -0.496 e. The first-order valence-electron chi connectivity index (χ1n) is 7.35. The van der Waals surface area contributed by atoms with E-state index >= 15 is 0 Å². The van der Waals surface area contributed by atoms with Crippen LogP contribution in [0, 0.1) is 0 Å². The zero-order valence-electron chi connectivity index (χ0n) is 13.3. The molecular formula is C17H17ClN4O2. The second-order valence-corrected chi connectivity index (χ2v) is 5.71. The van der Waals surface area contributed by atoms with Gasteiger partial charge < -0.3 is 19.6 Å². The Kier molecular flexibility index (Phi) is 4.57. The van der Waals surface area contributed by atoms with Gasteiger partial charge in [-0.1, -0.05) is 29.8 Å². The van der Waals surface area contributed by atoms with E-state index in [0.29, 0.717) is 22.3 Å². The number of nitrogens with one attached hydrogen (secondary N) is 2. The standard InChI is InChI=1S/C17H17ClN4O2/c1-22-8-7-19-16(22)15(12-5-3-4-6-14(12)24-2)21-17(23)13-9-11(18)10-20-13/h3-10,15,20H,1-2H3,(H,21,23)/t15-/m1/s1. The molecule has 0 aliphatic rings. The fourth-order valence-electron chi connectivity index (χ4n) is 2.55. The SMILES string of the molecule is COc1ccccc1[C@@H](NC(=O)c1cc(Cl)c[nH]1)c1nccn1C. The van der Waals surface area contributed by atoms with Crippen molar-refractivity contribution in [1.29, 1.82) is 0 Å². The lowest BCUT2D eigenvalue weighted by Gasteiger charge is -2.21. The zero-order valence-corrected chi connectivity index (χ0v) is 14.0. The number of halogens is 1. The van der Waals surface area contributed by atoms with Crippen LogP contribution in [0.4, 0.5) is 0 Å². The monoisotopic (exact) mass is 344 g/mol. The summed E-state index contributed by atoms with van der Waals surface area (Å²) in [7, 11) is 3.48. The molecule has 0 radical (unpaired) electrons. The molecule has 3 aromatic rings. The molecule has 0 aliphatic heterocycles. The van der Waals surface area contributed by atoms with E-state index in [1.807, 2.05) is 42.1 Å². The number of rotatable bonds is 5. The Labute approximate surface area is 144 Å². The lowest BCUT2D eigenvalue weighted by molar-refractivity contribution is 0.0936. The van der Waals surface area contributed by atoms with Gasteiger partial charge in [-0.05, 0) is 12.1 Å². The third-order valence-electron chi connectivity index (χ3n) is 3.73. The molecule has 7 heteroatoms. The molecule has 0 spiro atoms. The third kappa shape index (κ3) is 3.14. The molecule has 2 heterocycles. The first kappa shape index (κ1) is 16.1. The van der Waals surface area contributed by atoms with Gasteiger partial charge in [-0.15, -0.1) is 0 Å². The third-order valence-corrected chi connectivity index (χ3v) is 3.95. The summed E-state index contributed by atoms with van der Waals surface area (Å²) in [5.41, 5.74) is 1.20. The number of hydrogen-bond donors (Lipinski definition) is 2. The number of methoxy groups -OCH3 is 1. The number of carbonyl (C=O) groups excluding carboxylic acids is 1. The van der Waals surface area contributed by atoms with E-state index < -0.39 is 6.04 Å². The number of aromatic amines is 1. The van der Waals surface area contributed by atoms with Crippen LogP contribution in [0.3, 0.4) is 0 Å². The molecule has 1 aromatic carbocycles. The van der Waals surface area contributed by atoms with Crippen molar-refractivity contribution in [2.24, 2.45) is 7.05 Å². The normalized spacial score (nSPS) is 12.0. The summed E-state index contributed by atoms with van der Waals surface area (Å²) in [5, 5.41) is 3.47. The van der Waals surface area contributed by atoms with E-state index in [1.54, 1.807) is 25.6 Å². The quantitative estimate of drug-likeness (QED) is 0.747. The summed E-state index contributed by atoms with van der Waals surface area (Å²) >= 11 is 5.88. The van der Waals surface area contributed by atoms with Crippen LogP contribution in [-0.4, -0.2) is 27.6 Å². The van der Waals surface area contributed by atoms with Crippen LogP contribution < -0.4 is 10.1 Å². The predicted octanol–water partition coefficient (Wildman–Crippen LogP) is 2.93. The molecule has 24 heavy (non-hydrogen) atoms. The number of aryl methyl sites for hydroxylation is 1. The first-order valence-corrected chi connectivity index (χ1v) is 7.73. The van der Waals surface area contributed by atoms with Crippen LogP contribution in [-0.2, 0) is 7.05 Å². The number of imidazole rings is 1. The topological polar surface area (TPSA) is 71.9 Å². The van der Waals surface area contributed by atoms with Crippen molar-refractivity contribution in [3.63, 3.8) is 0 Å². The molecular weight excluding hydrogens is 328 g/mol. The van der Waals surface area contributed by atoms with Crippen molar-refractivity contribution >= 4 is 17.5 Å². The molecule has 2 aromatic heterocycles. The lowest BCUT2D eigenvalue weighted by atomic mass is 10.0. The first-order chi connectivity index (χ1) is 11.6. The lowest BCUT2D eigenvalue weighted by Crippen LogP contribution is -2.31. The van der Waals surface area contributed by atoms with E-state index in [1.165, 1.54) is 0 Å². The Morgan fingerprint density at radius 2 is 2.21 bits per heavy atom. The Bertz CT molecular complexity index is 856. The average Bonchev–Trinajstić information content (AvgIpc) is 3.21. The highest BCUT2D eigenvalue weighted by atomic mass is 35.5. The molecule has 0 fully saturated rings. The second kappa shape index (κ2) is 6.80. The van der Waals surface area contributed by atoms with Gasteiger partial charge in [0.2, 0.25) is 0 Å². The molecule has 2 N–H and O–H groups in total. The molecule has 1 atom stereocenters. The molecule has 1 amide bonds. The minimum atomic E-state index is -0.462. The number of ether oxygens (including phenoxy) is 1. The number of para-hydroxylation sites is 1. The smallest absolute Gasteiger partial charge is 0.268 e. The Morgan fingerprint density at radius 3 is 2.83 bits per heavy atom. The van der Waals surface area contributed by atoms with Crippen LogP contribution in [0.15, 0.2) is 48.9 Å². The number of H-pyrrole nitrogens is 1. The number of carbonyl (C=O) groups is 1. The summed E-state index contributed by atoms with van der Waals surface area (Å²) in [5.74, 6) is 1.10. The summed E-state index contributed by atoms with van der Waals surface area (Å²) < 4.78 is 7.30. The maximum Gasteiger partial charge on any atom is 0.268 e. The molecule has 0 saturated carbocycles. The number of aromatic nitrogens is 3. The number of nitrogens with zero attached hydrogens (tertiary/aromatic N) is 2. The van der Waals surface area contributed by atoms with Crippen molar-refractivity contribution in [3.05, 3.63) is 71.0 Å². The molecule has 0 bridgehead atoms. The summed E-state index contributed by atoms with van der Waals surface area (Å²) in [6, 6.07) is 8.64. The van der Waals surface area contributed by atoms with Crippen molar-refractivity contribution in [1.82, 2.24) is 19.9 Å². The Balaban J connectivity index is 2.00. The van der Waals surface area contributed by atoms with Crippen LogP contribution in [0.1, 0.15) is 27.9 Å². The van der Waals surface area contributed by atoms with Crippen molar-refractivity contribution < 1.29 is 9.53 Å². The van der Waals surface area contributed by atoms with Gasteiger partial charge in [0.25, 0.3) is 5.91 Å². The van der Waals surface area contributed by atoms with E-state index in [2.05, 4.69) is 15.3 Å². The zero-order chi connectivity index (χ0) is 17.1. The van der Waals surface area contributed by atoms with Gasteiger partial charge >= 0.3 is 0 Å². The van der Waals surface area contributed by atoms with Gasteiger partial charge in [0.05, 0.1) is 12.1 Å². The van der Waals surface area contributed by atoms with Crippen molar-refractivity contribution in [2.75, 3.05) is 7.11 Å². The highest BCUT2D eigenvalue weighted by molar-refractivity contribution is 6.30. The Morgan fingerprint density at radius 1 is 1.42 bits per heavy atom. The van der Waals surface area contributed by atoms with Crippen LogP contribution >= 0.6 is 11.6 Å². The van der Waals surface area contributed by atoms with Gasteiger partial charge in [0.15, 0.2) is 0 Å². The maximum absolute atomic E-state index is 12.6. The minimum absolute atomic E-state index is 0.277. The predicted molar refractivity (Wildman–Crippen MR) is 91.3 cm³/mol. The molecule has 0 unspecified atom stereocenters. The van der Waals surface area contributed by atoms with Gasteiger partial charge in [-0.2, -0.15) is 0 Å². The molecule has 0 saturated heterocycles. The number of amides is 1. The largest absolute Gasteiger partial charge is 0.496 e. The van der Waals surface area contributed by atoms with Gasteiger partial charge in [-0.3, -0.25) is 4.79 Å². The molecule has 0 aliphatic carbocycles. The van der Waals surface area contributed by atoms with Crippen LogP contribution in [0.2, 0.25) is 5.02 Å². The van der Waals surface area contributed by atoms with Gasteiger partial charge in [0, 0.05) is 31.2 Å². The molecule has 6 nitrogen and oxygen atoms in total. The molecule has 3 rings (SSSR count). The van der Waals surface area contributed by atoms with E-state index in [4.69, 9.17) is 16.3 Å². The number of hydrogen-bond acceptors (Lipinski definition) is 3. The number of benzene rings is 1. The highest BCUT2D eigenvalue weighted by Gasteiger charge is 2.24. The average molecular weight is 345 g/mol. The van der Waals surface area contributed by atoms with Crippen molar-refractivity contribution in [2.45, 2.75) is 6.04 Å². The highest BCUT2D eigenvalue weighted by Crippen LogP contribution is 2.29. The van der Waals surface area contributed by atoms with Crippen LogP contribution in [0.5, 0.6) is 5.75 Å². The Hall–Kier alpha value is -2.73. The summed E-state index contributed by atoms with van der Waals surface area (Å²) in [4.78, 5) is 19.8. The van der Waals surface area contributed by atoms with Gasteiger partial charge in [-0.25, -0.2) is 4.98 Å². The second-order valence-electron chi connectivity index (χ2n) is 5.28. The van der Waals surface area contributed by atoms with E-state index in [0.717, 1.165) is 5.56 Å². The maximum atomic E-state index is 12.6. The molecule has 124 valence electrons. The summed E-state index contributed by atoms with van der Waals surface area (Å²) in [6.45, 7) is 0. The van der Waals surface area contributed by atoms with Crippen LogP contribution in [0.25, 0.3) is 0 Å². The fourth-order valence-corrected chi connectivity index (χ4v) is 2.71. The summed E-state index contributed by atoms with van der Waals surface area (Å²) in [6.07, 6.45) is 5.08. The van der Waals surface area contributed by atoms with E-state index in [9.17, 15) is 4.79 Å². The fraction of sp³-hybridized carbons (Fsp3) is 0.176. The van der Waals surface area contributed by atoms with Crippen molar-refractivity contribution in [3.8, 4) is 5.75 Å².